The van der Waals surface area contributed by atoms with Crippen molar-refractivity contribution in [2.75, 3.05) is 12.8 Å². The van der Waals surface area contributed by atoms with Crippen LogP contribution in [0.4, 0.5) is 18.9 Å². The van der Waals surface area contributed by atoms with Crippen LogP contribution in [0.15, 0.2) is 12.1 Å². The zero-order chi connectivity index (χ0) is 15.3. The molecule has 0 saturated carbocycles. The molecule has 0 spiro atoms. The van der Waals surface area contributed by atoms with Crippen molar-refractivity contribution in [3.05, 3.63) is 29.3 Å². The molecule has 0 aromatic heterocycles. The molecule has 0 aliphatic rings. The van der Waals surface area contributed by atoms with E-state index >= 15 is 0 Å². The largest absolute Gasteiger partial charge is 0.469 e. The van der Waals surface area contributed by atoms with E-state index in [9.17, 15) is 18.0 Å². The van der Waals surface area contributed by atoms with Crippen molar-refractivity contribution >= 4 is 11.7 Å². The number of alkyl halides is 1. The summed E-state index contributed by atoms with van der Waals surface area (Å²) in [5.74, 6) is -3.50. The third-order valence-electron chi connectivity index (χ3n) is 3.16. The minimum absolute atomic E-state index is 0.0543. The molecule has 0 saturated heterocycles. The van der Waals surface area contributed by atoms with Gasteiger partial charge >= 0.3 is 5.97 Å². The number of anilines is 1. The Hall–Kier alpha value is -1.72. The Balaban J connectivity index is 2.90. The van der Waals surface area contributed by atoms with Gasteiger partial charge in [0.25, 0.3) is 0 Å². The fourth-order valence-corrected chi connectivity index (χ4v) is 2.03. The molecular weight excluding hydrogens is 271 g/mol. The van der Waals surface area contributed by atoms with Crippen molar-refractivity contribution in [1.82, 2.24) is 0 Å². The normalized spacial score (nSPS) is 13.8. The van der Waals surface area contributed by atoms with Gasteiger partial charge in [0.05, 0.1) is 13.0 Å². The Morgan fingerprint density at radius 3 is 2.60 bits per heavy atom. The molecule has 1 aromatic rings. The van der Waals surface area contributed by atoms with E-state index < -0.39 is 35.4 Å². The Morgan fingerprint density at radius 2 is 2.05 bits per heavy atom. The van der Waals surface area contributed by atoms with Crippen molar-refractivity contribution in [3.8, 4) is 0 Å². The molecule has 6 heteroatoms. The van der Waals surface area contributed by atoms with Gasteiger partial charge in [0, 0.05) is 6.42 Å². The summed E-state index contributed by atoms with van der Waals surface area (Å²) in [7, 11) is 1.17. The number of ether oxygens (including phenoxy) is 1. The minimum atomic E-state index is -1.61. The molecule has 2 N–H and O–H groups in total. The van der Waals surface area contributed by atoms with E-state index in [4.69, 9.17) is 5.73 Å². The summed E-state index contributed by atoms with van der Waals surface area (Å²) in [6, 6.07) is 2.11. The van der Waals surface area contributed by atoms with Crippen LogP contribution in [0, 0.1) is 17.6 Å². The van der Waals surface area contributed by atoms with E-state index in [0.717, 1.165) is 12.1 Å². The Kier molecular flexibility index (Phi) is 5.85. The predicted molar refractivity (Wildman–Crippen MR) is 69.8 cm³/mol. The molecule has 0 aliphatic heterocycles. The van der Waals surface area contributed by atoms with E-state index in [0.29, 0.717) is 12.8 Å². The van der Waals surface area contributed by atoms with E-state index in [-0.39, 0.29) is 12.0 Å². The molecule has 112 valence electrons. The summed E-state index contributed by atoms with van der Waals surface area (Å²) in [6.45, 7) is 1.80. The fourth-order valence-electron chi connectivity index (χ4n) is 2.03. The molecule has 20 heavy (non-hydrogen) atoms. The van der Waals surface area contributed by atoms with E-state index in [1.165, 1.54) is 7.11 Å². The SMILES string of the molecule is CCCC(C(=O)OC)C(F)Cc1ccc(F)c(N)c1F. The maximum atomic E-state index is 14.2. The lowest BCUT2D eigenvalue weighted by molar-refractivity contribution is -0.148. The van der Waals surface area contributed by atoms with Crippen molar-refractivity contribution in [3.63, 3.8) is 0 Å². The molecular formula is C14H18F3NO2. The number of benzene rings is 1. The summed E-state index contributed by atoms with van der Waals surface area (Å²) < 4.78 is 45.5. The molecule has 2 unspecified atom stereocenters. The van der Waals surface area contributed by atoms with Crippen LogP contribution in [-0.4, -0.2) is 19.3 Å². The number of carbonyl (C=O) groups is 1. The fraction of sp³-hybridized carbons (Fsp3) is 0.500. The number of hydrogen-bond donors (Lipinski definition) is 1. The van der Waals surface area contributed by atoms with Crippen LogP contribution < -0.4 is 5.73 Å². The molecule has 0 bridgehead atoms. The van der Waals surface area contributed by atoms with Crippen molar-refractivity contribution < 1.29 is 22.7 Å². The number of halogens is 3. The highest BCUT2D eigenvalue weighted by Gasteiger charge is 2.29. The van der Waals surface area contributed by atoms with Gasteiger partial charge in [0.2, 0.25) is 0 Å². The lowest BCUT2D eigenvalue weighted by Crippen LogP contribution is -2.28. The second kappa shape index (κ2) is 7.17. The summed E-state index contributed by atoms with van der Waals surface area (Å²) in [4.78, 5) is 11.5. The van der Waals surface area contributed by atoms with Gasteiger partial charge in [-0.2, -0.15) is 0 Å². The lowest BCUT2D eigenvalue weighted by atomic mass is 9.93. The first kappa shape index (κ1) is 16.3. The van der Waals surface area contributed by atoms with Gasteiger partial charge in [0.15, 0.2) is 5.82 Å². The number of nitrogen functional groups attached to an aromatic ring is 1. The molecule has 2 atom stereocenters. The molecule has 0 aliphatic carbocycles. The molecule has 1 aromatic carbocycles. The standard InChI is InChI=1S/C14H18F3NO2/c1-3-4-9(14(19)20-2)11(16)7-8-5-6-10(15)13(18)12(8)17/h5-6,9,11H,3-4,7,18H2,1-2H3. The summed E-state index contributed by atoms with van der Waals surface area (Å²) in [6.07, 6.45) is -1.07. The Labute approximate surface area is 115 Å². The molecule has 3 nitrogen and oxygen atoms in total. The molecule has 1 rings (SSSR count). The van der Waals surface area contributed by atoms with Crippen LogP contribution >= 0.6 is 0 Å². The zero-order valence-corrected chi connectivity index (χ0v) is 11.5. The highest BCUT2D eigenvalue weighted by atomic mass is 19.1. The molecule has 0 radical (unpaired) electrons. The Bertz CT molecular complexity index is 480. The monoisotopic (exact) mass is 289 g/mol. The van der Waals surface area contributed by atoms with Gasteiger partial charge in [-0.15, -0.1) is 0 Å². The smallest absolute Gasteiger partial charge is 0.311 e. The van der Waals surface area contributed by atoms with Gasteiger partial charge in [0.1, 0.15) is 17.7 Å². The van der Waals surface area contributed by atoms with Crippen LogP contribution in [0.3, 0.4) is 0 Å². The average Bonchev–Trinajstić information content (AvgIpc) is 2.44. The van der Waals surface area contributed by atoms with Gasteiger partial charge in [-0.1, -0.05) is 19.4 Å². The third kappa shape index (κ3) is 3.65. The molecule has 0 heterocycles. The highest BCUT2D eigenvalue weighted by Crippen LogP contribution is 2.25. The van der Waals surface area contributed by atoms with E-state index in [1.54, 1.807) is 6.92 Å². The lowest BCUT2D eigenvalue weighted by Gasteiger charge is -2.18. The number of hydrogen-bond acceptors (Lipinski definition) is 3. The van der Waals surface area contributed by atoms with Gasteiger partial charge in [-0.05, 0) is 18.1 Å². The third-order valence-corrected chi connectivity index (χ3v) is 3.16. The van der Waals surface area contributed by atoms with E-state index in [1.807, 2.05) is 0 Å². The van der Waals surface area contributed by atoms with Gasteiger partial charge in [-0.3, -0.25) is 4.79 Å². The predicted octanol–water partition coefficient (Wildman–Crippen LogP) is 3.02. The summed E-state index contributed by atoms with van der Waals surface area (Å²) in [5.41, 5.74) is 4.52. The average molecular weight is 289 g/mol. The van der Waals surface area contributed by atoms with Crippen LogP contribution in [0.1, 0.15) is 25.3 Å². The quantitative estimate of drug-likeness (QED) is 0.647. The highest BCUT2D eigenvalue weighted by molar-refractivity contribution is 5.73. The van der Waals surface area contributed by atoms with Gasteiger partial charge < -0.3 is 10.5 Å². The maximum absolute atomic E-state index is 14.2. The molecule has 0 amide bonds. The number of carbonyl (C=O) groups excluding carboxylic acids is 1. The summed E-state index contributed by atoms with van der Waals surface area (Å²) in [5, 5.41) is 0. The van der Waals surface area contributed by atoms with Gasteiger partial charge in [-0.25, -0.2) is 13.2 Å². The zero-order valence-electron chi connectivity index (χ0n) is 11.5. The number of methoxy groups -OCH3 is 1. The topological polar surface area (TPSA) is 52.3 Å². The Morgan fingerprint density at radius 1 is 1.40 bits per heavy atom. The number of nitrogens with two attached hydrogens (primary N) is 1. The second-order valence-corrected chi connectivity index (χ2v) is 4.57. The van der Waals surface area contributed by atoms with Crippen LogP contribution in [0.5, 0.6) is 0 Å². The molecule has 0 fully saturated rings. The minimum Gasteiger partial charge on any atom is -0.469 e. The van der Waals surface area contributed by atoms with E-state index in [2.05, 4.69) is 4.74 Å². The van der Waals surface area contributed by atoms with Crippen LogP contribution in [-0.2, 0) is 16.0 Å². The summed E-state index contributed by atoms with van der Waals surface area (Å²) >= 11 is 0. The van der Waals surface area contributed by atoms with Crippen LogP contribution in [0.2, 0.25) is 0 Å². The number of esters is 1. The second-order valence-electron chi connectivity index (χ2n) is 4.57. The van der Waals surface area contributed by atoms with Crippen molar-refractivity contribution in [2.45, 2.75) is 32.4 Å². The number of rotatable bonds is 6. The first-order chi connectivity index (χ1) is 9.42. The first-order valence-corrected chi connectivity index (χ1v) is 6.36. The van der Waals surface area contributed by atoms with Crippen molar-refractivity contribution in [2.24, 2.45) is 5.92 Å². The van der Waals surface area contributed by atoms with Crippen LogP contribution in [0.25, 0.3) is 0 Å². The van der Waals surface area contributed by atoms with Crippen molar-refractivity contribution in [1.29, 1.82) is 0 Å². The maximum Gasteiger partial charge on any atom is 0.311 e. The first-order valence-electron chi connectivity index (χ1n) is 6.36.